The van der Waals surface area contributed by atoms with Crippen LogP contribution in [0.3, 0.4) is 0 Å². The van der Waals surface area contributed by atoms with E-state index >= 15 is 0 Å². The van der Waals surface area contributed by atoms with Gasteiger partial charge in [0.15, 0.2) is 0 Å². The lowest BCUT2D eigenvalue weighted by Crippen LogP contribution is -2.41. The van der Waals surface area contributed by atoms with Crippen molar-refractivity contribution in [1.29, 1.82) is 0 Å². The smallest absolute Gasteiger partial charge is 0.251 e. The molecular weight excluding hydrogens is 368 g/mol. The van der Waals surface area contributed by atoms with Gasteiger partial charge in [0.2, 0.25) is 0 Å². The van der Waals surface area contributed by atoms with Crippen LogP contribution in [-0.2, 0) is 0 Å². The van der Waals surface area contributed by atoms with E-state index in [1.807, 2.05) is 58.0 Å². The molecule has 1 unspecified atom stereocenters. The highest BCUT2D eigenvalue weighted by atomic mass is 16.1. The van der Waals surface area contributed by atoms with Gasteiger partial charge in [0.05, 0.1) is 0 Å². The van der Waals surface area contributed by atoms with Crippen LogP contribution in [0.25, 0.3) is 0 Å². The minimum atomic E-state index is -0.0661. The number of benzene rings is 1. The summed E-state index contributed by atoms with van der Waals surface area (Å²) in [5.41, 5.74) is 2.76. The number of hydrogen-bond donors (Lipinski definition) is 2. The zero-order valence-electron chi connectivity index (χ0n) is 21.0. The number of nitrogens with one attached hydrogen (secondary N) is 2. The number of hydrogen-bond acceptors (Lipinski definition) is 2. The normalized spacial score (nSPS) is 10.6. The first kappa shape index (κ1) is 32.5. The van der Waals surface area contributed by atoms with Crippen LogP contribution >= 0.6 is 0 Å². The van der Waals surface area contributed by atoms with E-state index in [9.17, 15) is 4.79 Å². The number of rotatable bonds is 9. The minimum Gasteiger partial charge on any atom is -0.350 e. The summed E-state index contributed by atoms with van der Waals surface area (Å²) in [5.74, 6) is -0.0661. The van der Waals surface area contributed by atoms with Crippen molar-refractivity contribution in [3.05, 3.63) is 72.4 Å². The molecule has 0 aliphatic carbocycles. The lowest BCUT2D eigenvalue weighted by Gasteiger charge is -2.19. The van der Waals surface area contributed by atoms with E-state index in [0.29, 0.717) is 12.1 Å². The predicted octanol–water partition coefficient (Wildman–Crippen LogP) is 7.25. The van der Waals surface area contributed by atoms with Crippen molar-refractivity contribution >= 4 is 5.91 Å². The molecule has 1 aromatic carbocycles. The van der Waals surface area contributed by atoms with Crippen molar-refractivity contribution < 1.29 is 4.79 Å². The number of allylic oxidation sites excluding steroid dienone is 2. The Kier molecular flexibility index (Phi) is 27.0. The van der Waals surface area contributed by atoms with Crippen LogP contribution in [0.15, 0.2) is 61.2 Å². The van der Waals surface area contributed by atoms with Crippen molar-refractivity contribution in [2.24, 2.45) is 0 Å². The van der Waals surface area contributed by atoms with Crippen molar-refractivity contribution in [3.63, 3.8) is 0 Å². The van der Waals surface area contributed by atoms with Gasteiger partial charge in [0, 0.05) is 18.2 Å². The summed E-state index contributed by atoms with van der Waals surface area (Å²) in [6.45, 7) is 25.5. The first-order valence-corrected chi connectivity index (χ1v) is 11.5. The summed E-state index contributed by atoms with van der Waals surface area (Å²) in [5, 5.41) is 6.29. The van der Waals surface area contributed by atoms with Gasteiger partial charge in [-0.05, 0) is 31.2 Å². The highest BCUT2D eigenvalue weighted by molar-refractivity contribution is 5.94. The highest BCUT2D eigenvalue weighted by Gasteiger charge is 2.12. The molecule has 1 rings (SSSR count). The average molecular weight is 417 g/mol. The van der Waals surface area contributed by atoms with E-state index in [1.54, 1.807) is 12.2 Å². The summed E-state index contributed by atoms with van der Waals surface area (Å²) in [6.07, 6.45) is 9.30. The first-order chi connectivity index (χ1) is 14.4. The van der Waals surface area contributed by atoms with E-state index in [4.69, 9.17) is 0 Å². The number of unbranched alkanes of at least 4 members (excludes halogenated alkanes) is 1. The van der Waals surface area contributed by atoms with E-state index in [1.165, 1.54) is 19.3 Å². The third-order valence-corrected chi connectivity index (χ3v) is 3.65. The molecule has 172 valence electrons. The average Bonchev–Trinajstić information content (AvgIpc) is 2.77. The third kappa shape index (κ3) is 17.9. The first-order valence-electron chi connectivity index (χ1n) is 11.5. The lowest BCUT2D eigenvalue weighted by atomic mass is 10.1. The predicted molar refractivity (Wildman–Crippen MR) is 137 cm³/mol. The summed E-state index contributed by atoms with van der Waals surface area (Å²) >= 11 is 0. The Labute approximate surface area is 187 Å². The maximum absolute atomic E-state index is 12.2. The molecule has 0 saturated heterocycles. The van der Waals surface area contributed by atoms with Crippen LogP contribution < -0.4 is 10.6 Å². The van der Waals surface area contributed by atoms with Crippen LogP contribution in [0, 0.1) is 6.92 Å². The SMILES string of the molecule is C=C/C=C(\C=C)C(CNC(=O)c1cccc(C)c1)NCC.CC.CCC.CCCC. The summed E-state index contributed by atoms with van der Waals surface area (Å²) < 4.78 is 0. The largest absolute Gasteiger partial charge is 0.350 e. The van der Waals surface area contributed by atoms with Crippen molar-refractivity contribution in [2.45, 2.75) is 80.7 Å². The number of aryl methyl sites for hydroxylation is 1. The Morgan fingerprint density at radius 3 is 2.03 bits per heavy atom. The van der Waals surface area contributed by atoms with E-state index < -0.39 is 0 Å². The fourth-order valence-electron chi connectivity index (χ4n) is 2.10. The van der Waals surface area contributed by atoms with Gasteiger partial charge in [-0.3, -0.25) is 4.79 Å². The molecule has 0 saturated carbocycles. The van der Waals surface area contributed by atoms with Crippen molar-refractivity contribution in [2.75, 3.05) is 13.1 Å². The lowest BCUT2D eigenvalue weighted by molar-refractivity contribution is 0.0951. The number of amides is 1. The highest BCUT2D eigenvalue weighted by Crippen LogP contribution is 2.06. The Morgan fingerprint density at radius 1 is 1.07 bits per heavy atom. The molecule has 0 heterocycles. The molecule has 3 heteroatoms. The maximum atomic E-state index is 12.2. The standard InChI is InChI=1S/C18H24N2O.C4H10.C3H8.C2H6/c1-5-9-15(6-2)17(19-7-3)13-20-18(21)16-11-8-10-14(4)12-16;1-3-4-2;1-3-2;1-2/h5-6,8-12,17,19H,1-2,7,13H2,3-4H3,(H,20,21);3-4H2,1-2H3;3H2,1-2H3;1-2H3/b15-9+;;;. The van der Waals surface area contributed by atoms with Crippen molar-refractivity contribution in [1.82, 2.24) is 10.6 Å². The second kappa shape index (κ2) is 24.9. The van der Waals surface area contributed by atoms with Gasteiger partial charge < -0.3 is 10.6 Å². The van der Waals surface area contributed by atoms with Crippen molar-refractivity contribution in [3.8, 4) is 0 Å². The number of carbonyl (C=O) groups is 1. The fraction of sp³-hybridized carbons (Fsp3) is 0.519. The van der Waals surface area contributed by atoms with Crippen LogP contribution in [-0.4, -0.2) is 25.0 Å². The van der Waals surface area contributed by atoms with Crippen LogP contribution in [0.1, 0.15) is 83.7 Å². The van der Waals surface area contributed by atoms with Gasteiger partial charge in [0.1, 0.15) is 0 Å². The summed E-state index contributed by atoms with van der Waals surface area (Å²) in [7, 11) is 0. The van der Waals surface area contributed by atoms with Crippen LogP contribution in [0.5, 0.6) is 0 Å². The van der Waals surface area contributed by atoms with Gasteiger partial charge >= 0.3 is 0 Å². The second-order valence-electron chi connectivity index (χ2n) is 6.50. The molecule has 0 aromatic heterocycles. The summed E-state index contributed by atoms with van der Waals surface area (Å²) in [4.78, 5) is 12.2. The molecule has 2 N–H and O–H groups in total. The molecule has 1 amide bonds. The zero-order valence-corrected chi connectivity index (χ0v) is 21.0. The fourth-order valence-corrected chi connectivity index (χ4v) is 2.10. The molecule has 0 spiro atoms. The Hall–Kier alpha value is -2.13. The Balaban J connectivity index is -0.000000691. The van der Waals surface area contributed by atoms with Gasteiger partial charge in [-0.1, -0.05) is 117 Å². The molecule has 0 fully saturated rings. The van der Waals surface area contributed by atoms with E-state index in [2.05, 4.69) is 51.5 Å². The molecule has 0 aliphatic heterocycles. The quantitative estimate of drug-likeness (QED) is 0.416. The summed E-state index contributed by atoms with van der Waals surface area (Å²) in [6, 6.07) is 7.59. The monoisotopic (exact) mass is 416 g/mol. The molecular formula is C27H48N2O. The van der Waals surface area contributed by atoms with Crippen LogP contribution in [0.2, 0.25) is 0 Å². The Morgan fingerprint density at radius 2 is 1.63 bits per heavy atom. The number of likely N-dealkylation sites (N-methyl/N-ethyl adjacent to an activating group) is 1. The molecule has 0 radical (unpaired) electrons. The van der Waals surface area contributed by atoms with Gasteiger partial charge in [0.25, 0.3) is 5.91 Å². The van der Waals surface area contributed by atoms with Gasteiger partial charge in [-0.15, -0.1) is 0 Å². The molecule has 3 nitrogen and oxygen atoms in total. The number of carbonyl (C=O) groups excluding carboxylic acids is 1. The Bertz CT molecular complexity index is 574. The minimum absolute atomic E-state index is 0.0271. The third-order valence-electron chi connectivity index (χ3n) is 3.65. The zero-order chi connectivity index (χ0) is 23.8. The molecule has 1 aromatic rings. The molecule has 0 bridgehead atoms. The van der Waals surface area contributed by atoms with Crippen LogP contribution in [0.4, 0.5) is 0 Å². The topological polar surface area (TPSA) is 41.1 Å². The van der Waals surface area contributed by atoms with E-state index in [-0.39, 0.29) is 11.9 Å². The van der Waals surface area contributed by atoms with E-state index in [0.717, 1.165) is 17.7 Å². The van der Waals surface area contributed by atoms with Gasteiger partial charge in [-0.2, -0.15) is 0 Å². The molecule has 30 heavy (non-hydrogen) atoms. The van der Waals surface area contributed by atoms with Gasteiger partial charge in [-0.25, -0.2) is 0 Å². The maximum Gasteiger partial charge on any atom is 0.251 e. The second-order valence-corrected chi connectivity index (χ2v) is 6.50. The molecule has 0 aliphatic rings. The molecule has 1 atom stereocenters.